The fraction of sp³-hybridized carbons (Fsp3) is 0.438. The summed E-state index contributed by atoms with van der Waals surface area (Å²) in [6.45, 7) is 2.44. The molecule has 1 saturated heterocycles. The maximum Gasteiger partial charge on any atom is 0.331 e. The summed E-state index contributed by atoms with van der Waals surface area (Å²) in [6.07, 6.45) is 4.49. The molecule has 5 rings (SSSR count). The Hall–Kier alpha value is -3.61. The Morgan fingerprint density at radius 1 is 1.02 bits per heavy atom. The number of aromatic nitrogens is 2. The zero-order chi connectivity index (χ0) is 33.3. The van der Waals surface area contributed by atoms with Crippen LogP contribution in [0.25, 0.3) is 11.1 Å². The minimum absolute atomic E-state index is 0.0113. The van der Waals surface area contributed by atoms with Crippen molar-refractivity contribution in [1.29, 1.82) is 0 Å². The Kier molecular flexibility index (Phi) is 10.00. The van der Waals surface area contributed by atoms with Crippen molar-refractivity contribution < 1.29 is 22.7 Å². The summed E-state index contributed by atoms with van der Waals surface area (Å²) in [7, 11) is -1.94. The lowest BCUT2D eigenvalue weighted by Crippen LogP contribution is -2.50. The summed E-state index contributed by atoms with van der Waals surface area (Å²) in [5, 5.41) is 0.282. The van der Waals surface area contributed by atoms with Crippen molar-refractivity contribution in [1.82, 2.24) is 18.9 Å². The molecule has 1 fully saturated rings. The maximum absolute atomic E-state index is 13.6. The number of rotatable bonds is 8. The highest BCUT2D eigenvalue weighted by Gasteiger charge is 2.32. The molecule has 246 valence electrons. The lowest BCUT2D eigenvalue weighted by atomic mass is 10.0. The molecule has 0 spiro atoms. The molecule has 1 aromatic heterocycles. The number of carbonyl (C=O) groups is 2. The summed E-state index contributed by atoms with van der Waals surface area (Å²) in [5.41, 5.74) is 0.812. The van der Waals surface area contributed by atoms with Gasteiger partial charge in [0, 0.05) is 43.7 Å². The highest BCUT2D eigenvalue weighted by atomic mass is 35.5. The van der Waals surface area contributed by atoms with Crippen molar-refractivity contribution in [2.45, 2.75) is 51.2 Å². The molecule has 0 bridgehead atoms. The van der Waals surface area contributed by atoms with E-state index in [0.29, 0.717) is 45.3 Å². The molecule has 0 aliphatic carbocycles. The van der Waals surface area contributed by atoms with Gasteiger partial charge in [-0.3, -0.25) is 23.5 Å². The van der Waals surface area contributed by atoms with Crippen LogP contribution in [-0.2, 0) is 38.8 Å². The number of benzene rings is 2. The predicted molar refractivity (Wildman–Crippen MR) is 177 cm³/mol. The maximum atomic E-state index is 13.6. The van der Waals surface area contributed by atoms with Crippen molar-refractivity contribution in [3.63, 3.8) is 0 Å². The SMILES string of the molecule is COc1ccc2c(c1)CCN(C1CCN(C(=O)Cn3cc(-c4cccc(Cl)c4Cl)c(=O)n([C@H](C)CS(C)(=O)=O)c3=O)CC1)C(=O)C2. The van der Waals surface area contributed by atoms with Gasteiger partial charge in [0.05, 0.1) is 40.9 Å². The van der Waals surface area contributed by atoms with Crippen LogP contribution in [0.1, 0.15) is 36.9 Å². The zero-order valence-corrected chi connectivity index (χ0v) is 28.2. The first-order valence-electron chi connectivity index (χ1n) is 15.0. The molecule has 2 amide bonds. The summed E-state index contributed by atoms with van der Waals surface area (Å²) in [4.78, 5) is 57.5. The third-order valence-electron chi connectivity index (χ3n) is 8.67. The third-order valence-corrected chi connectivity index (χ3v) is 10.6. The fourth-order valence-electron chi connectivity index (χ4n) is 6.36. The third kappa shape index (κ3) is 7.19. The summed E-state index contributed by atoms with van der Waals surface area (Å²) in [6, 6.07) is 9.47. The van der Waals surface area contributed by atoms with Crippen LogP contribution in [0.15, 0.2) is 52.2 Å². The second-order valence-electron chi connectivity index (χ2n) is 11.9. The summed E-state index contributed by atoms with van der Waals surface area (Å²) >= 11 is 12.6. The number of nitrogens with zero attached hydrogens (tertiary/aromatic N) is 4. The summed E-state index contributed by atoms with van der Waals surface area (Å²) in [5.74, 6) is 0.0161. The van der Waals surface area contributed by atoms with Gasteiger partial charge in [0.15, 0.2) is 0 Å². The first-order valence-corrected chi connectivity index (χ1v) is 17.8. The largest absolute Gasteiger partial charge is 0.497 e. The van der Waals surface area contributed by atoms with Gasteiger partial charge in [0.1, 0.15) is 22.1 Å². The van der Waals surface area contributed by atoms with Gasteiger partial charge in [0.2, 0.25) is 11.8 Å². The number of hydrogen-bond acceptors (Lipinski definition) is 7. The van der Waals surface area contributed by atoms with Crippen molar-refractivity contribution in [2.75, 3.05) is 38.8 Å². The Bertz CT molecular complexity index is 1900. The van der Waals surface area contributed by atoms with E-state index >= 15 is 0 Å². The van der Waals surface area contributed by atoms with Crippen molar-refractivity contribution in [3.8, 4) is 16.9 Å². The Balaban J connectivity index is 1.35. The van der Waals surface area contributed by atoms with E-state index < -0.39 is 32.9 Å². The number of sulfone groups is 1. The van der Waals surface area contributed by atoms with Crippen molar-refractivity contribution in [2.24, 2.45) is 0 Å². The molecule has 1 atom stereocenters. The first kappa shape index (κ1) is 33.7. The van der Waals surface area contributed by atoms with Crippen molar-refractivity contribution in [3.05, 3.63) is 84.6 Å². The molecular weight excluding hydrogens is 655 g/mol. The van der Waals surface area contributed by atoms with E-state index in [4.69, 9.17) is 27.9 Å². The number of ether oxygens (including phenoxy) is 1. The molecule has 0 N–H and O–H groups in total. The predicted octanol–water partition coefficient (Wildman–Crippen LogP) is 3.22. The smallest absolute Gasteiger partial charge is 0.331 e. The minimum atomic E-state index is -3.55. The standard InChI is InChI=1S/C32H36Cl2N4O7S/c1-20(19-46(3,43)44)38-31(41)26(25-5-4-6-27(33)30(25)34)17-36(32(38)42)18-29(40)35-12-10-23(11-13-35)37-14-9-22-15-24(45-2)8-7-21(22)16-28(37)39/h4-8,15,17,20,23H,9-14,16,18-19H2,1-3H3/t20-/m1/s1. The Morgan fingerprint density at radius 2 is 1.74 bits per heavy atom. The number of halogens is 2. The molecule has 2 aliphatic rings. The van der Waals surface area contributed by atoms with Gasteiger partial charge in [-0.15, -0.1) is 0 Å². The highest BCUT2D eigenvalue weighted by Crippen LogP contribution is 2.32. The normalized spacial score (nSPS) is 16.6. The van der Waals surface area contributed by atoms with Crippen LogP contribution in [-0.4, -0.2) is 84.0 Å². The minimum Gasteiger partial charge on any atom is -0.497 e. The number of carbonyl (C=O) groups excluding carboxylic acids is 2. The molecule has 0 radical (unpaired) electrons. The number of fused-ring (bicyclic) bond motifs is 1. The van der Waals surface area contributed by atoms with Gasteiger partial charge in [-0.25, -0.2) is 13.2 Å². The lowest BCUT2D eigenvalue weighted by Gasteiger charge is -2.38. The lowest BCUT2D eigenvalue weighted by molar-refractivity contribution is -0.136. The fourth-order valence-corrected chi connectivity index (χ4v) is 7.78. The topological polar surface area (TPSA) is 128 Å². The van der Waals surface area contributed by atoms with E-state index in [2.05, 4.69) is 0 Å². The second kappa shape index (κ2) is 13.6. The molecule has 2 aromatic carbocycles. The number of hydrogen-bond donors (Lipinski definition) is 0. The Morgan fingerprint density at radius 3 is 2.41 bits per heavy atom. The molecule has 46 heavy (non-hydrogen) atoms. The van der Waals surface area contributed by atoms with Crippen LogP contribution in [0.4, 0.5) is 0 Å². The second-order valence-corrected chi connectivity index (χ2v) is 14.9. The molecule has 0 unspecified atom stereocenters. The van der Waals surface area contributed by atoms with Crippen molar-refractivity contribution >= 4 is 44.9 Å². The molecule has 11 nitrogen and oxygen atoms in total. The molecule has 3 aromatic rings. The average Bonchev–Trinajstić information content (AvgIpc) is 3.16. The monoisotopic (exact) mass is 690 g/mol. The van der Waals surface area contributed by atoms with Gasteiger partial charge in [-0.05, 0) is 55.5 Å². The van der Waals surface area contributed by atoms with E-state index in [1.54, 1.807) is 30.2 Å². The van der Waals surface area contributed by atoms with Gasteiger partial charge in [0.25, 0.3) is 5.56 Å². The molecule has 14 heteroatoms. The van der Waals surface area contributed by atoms with E-state index in [9.17, 15) is 27.6 Å². The van der Waals surface area contributed by atoms with Crippen LogP contribution in [0.2, 0.25) is 10.0 Å². The van der Waals surface area contributed by atoms with E-state index in [0.717, 1.165) is 32.3 Å². The molecule has 3 heterocycles. The summed E-state index contributed by atoms with van der Waals surface area (Å²) < 4.78 is 31.5. The quantitative estimate of drug-likeness (QED) is 0.355. The zero-order valence-electron chi connectivity index (χ0n) is 25.9. The number of amides is 2. The number of piperidine rings is 1. The van der Waals surface area contributed by atoms with Crippen LogP contribution < -0.4 is 16.0 Å². The van der Waals surface area contributed by atoms with Crippen LogP contribution in [0.5, 0.6) is 5.75 Å². The van der Waals surface area contributed by atoms with Gasteiger partial charge >= 0.3 is 5.69 Å². The van der Waals surface area contributed by atoms with Crippen LogP contribution in [0.3, 0.4) is 0 Å². The highest BCUT2D eigenvalue weighted by molar-refractivity contribution is 7.90. The Labute approximate surface area is 277 Å². The van der Waals surface area contributed by atoms with E-state index in [1.807, 2.05) is 23.1 Å². The number of methoxy groups -OCH3 is 1. The molecular formula is C32H36Cl2N4O7S. The average molecular weight is 692 g/mol. The van der Waals surface area contributed by atoms with E-state index in [1.165, 1.54) is 13.1 Å². The van der Waals surface area contributed by atoms with Crippen LogP contribution >= 0.6 is 23.2 Å². The first-order chi connectivity index (χ1) is 21.8. The molecule has 2 aliphatic heterocycles. The van der Waals surface area contributed by atoms with Gasteiger partial charge < -0.3 is 14.5 Å². The van der Waals surface area contributed by atoms with Crippen LogP contribution in [0, 0.1) is 0 Å². The van der Waals surface area contributed by atoms with Gasteiger partial charge in [-0.1, -0.05) is 41.4 Å². The van der Waals surface area contributed by atoms with Gasteiger partial charge in [-0.2, -0.15) is 0 Å². The van der Waals surface area contributed by atoms with E-state index in [-0.39, 0.29) is 45.6 Å². The number of likely N-dealkylation sites (tertiary alicyclic amines) is 1. The molecule has 0 saturated carbocycles.